The summed E-state index contributed by atoms with van der Waals surface area (Å²) in [7, 11) is 0. The summed E-state index contributed by atoms with van der Waals surface area (Å²) in [6.07, 6.45) is -2.84. The maximum absolute atomic E-state index is 12.7. The molecule has 2 N–H and O–H groups in total. The van der Waals surface area contributed by atoms with E-state index in [9.17, 15) is 18.3 Å². The Labute approximate surface area is 110 Å². The van der Waals surface area contributed by atoms with Gasteiger partial charge in [0.1, 0.15) is 0 Å². The van der Waals surface area contributed by atoms with Crippen molar-refractivity contribution in [3.05, 3.63) is 35.4 Å². The van der Waals surface area contributed by atoms with Crippen LogP contribution in [0.1, 0.15) is 30.9 Å². The SMILES string of the molecule is CC(O)(c1cccc(C(F)(F)F)c1)C1CCNCC1. The monoisotopic (exact) mass is 273 g/mol. The summed E-state index contributed by atoms with van der Waals surface area (Å²) in [4.78, 5) is 0. The van der Waals surface area contributed by atoms with E-state index in [1.54, 1.807) is 13.0 Å². The molecule has 19 heavy (non-hydrogen) atoms. The Hall–Kier alpha value is -1.07. The zero-order valence-electron chi connectivity index (χ0n) is 10.8. The highest BCUT2D eigenvalue weighted by Gasteiger charge is 2.37. The van der Waals surface area contributed by atoms with E-state index in [0.717, 1.165) is 38.1 Å². The molecule has 0 aliphatic carbocycles. The van der Waals surface area contributed by atoms with Crippen LogP contribution in [0.3, 0.4) is 0 Å². The summed E-state index contributed by atoms with van der Waals surface area (Å²) < 4.78 is 38.1. The summed E-state index contributed by atoms with van der Waals surface area (Å²) in [5.74, 6) is -0.0165. The summed E-state index contributed by atoms with van der Waals surface area (Å²) in [6.45, 7) is 3.19. The predicted molar refractivity (Wildman–Crippen MR) is 66.6 cm³/mol. The number of piperidine rings is 1. The third-order valence-electron chi connectivity index (χ3n) is 3.91. The van der Waals surface area contributed by atoms with Crippen molar-refractivity contribution in [2.24, 2.45) is 5.92 Å². The van der Waals surface area contributed by atoms with Gasteiger partial charge in [-0.2, -0.15) is 13.2 Å². The normalized spacial score (nSPS) is 21.1. The van der Waals surface area contributed by atoms with Gasteiger partial charge in [0.2, 0.25) is 0 Å². The highest BCUT2D eigenvalue weighted by Crippen LogP contribution is 2.37. The van der Waals surface area contributed by atoms with E-state index in [1.165, 1.54) is 6.07 Å². The molecule has 0 bridgehead atoms. The zero-order chi connectivity index (χ0) is 14.1. The van der Waals surface area contributed by atoms with Crippen LogP contribution < -0.4 is 5.32 Å². The molecule has 0 spiro atoms. The maximum Gasteiger partial charge on any atom is 0.416 e. The lowest BCUT2D eigenvalue weighted by Crippen LogP contribution is -2.40. The van der Waals surface area contributed by atoms with E-state index in [-0.39, 0.29) is 5.92 Å². The quantitative estimate of drug-likeness (QED) is 0.868. The molecule has 1 aliphatic heterocycles. The lowest BCUT2D eigenvalue weighted by atomic mass is 9.77. The molecule has 2 rings (SSSR count). The minimum atomic E-state index is -4.37. The molecule has 0 radical (unpaired) electrons. The Morgan fingerprint density at radius 2 is 1.74 bits per heavy atom. The largest absolute Gasteiger partial charge is 0.416 e. The zero-order valence-corrected chi connectivity index (χ0v) is 10.8. The standard InChI is InChI=1S/C14H18F3NO/c1-13(19,10-5-7-18-8-6-10)11-3-2-4-12(9-11)14(15,16)17/h2-4,9-10,18-19H,5-8H2,1H3. The Bertz CT molecular complexity index is 437. The van der Waals surface area contributed by atoms with Gasteiger partial charge in [0.25, 0.3) is 0 Å². The molecule has 1 fully saturated rings. The Morgan fingerprint density at radius 1 is 1.16 bits per heavy atom. The summed E-state index contributed by atoms with van der Waals surface area (Å²) in [6, 6.07) is 5.01. The molecule has 106 valence electrons. The number of aliphatic hydroxyl groups is 1. The number of benzene rings is 1. The lowest BCUT2D eigenvalue weighted by molar-refractivity contribution is -0.137. The average molecular weight is 273 g/mol. The number of hydrogen-bond donors (Lipinski definition) is 2. The van der Waals surface area contributed by atoms with Crippen molar-refractivity contribution in [3.8, 4) is 0 Å². The first-order valence-electron chi connectivity index (χ1n) is 6.42. The van der Waals surface area contributed by atoms with Crippen LogP contribution in [0.25, 0.3) is 0 Å². The van der Waals surface area contributed by atoms with Crippen molar-refractivity contribution in [2.75, 3.05) is 13.1 Å². The molecule has 5 heteroatoms. The van der Waals surface area contributed by atoms with E-state index in [0.29, 0.717) is 5.56 Å². The van der Waals surface area contributed by atoms with Gasteiger partial charge in [-0.3, -0.25) is 0 Å². The minimum Gasteiger partial charge on any atom is -0.385 e. The van der Waals surface area contributed by atoms with Crippen LogP contribution >= 0.6 is 0 Å². The minimum absolute atomic E-state index is 0.0165. The van der Waals surface area contributed by atoms with E-state index in [2.05, 4.69) is 5.32 Å². The molecule has 1 heterocycles. The second-order valence-corrected chi connectivity index (χ2v) is 5.25. The van der Waals surface area contributed by atoms with Crippen molar-refractivity contribution >= 4 is 0 Å². The van der Waals surface area contributed by atoms with Crippen molar-refractivity contribution in [2.45, 2.75) is 31.5 Å². The van der Waals surface area contributed by atoms with Gasteiger partial charge in [-0.25, -0.2) is 0 Å². The van der Waals surface area contributed by atoms with Crippen LogP contribution in [0.2, 0.25) is 0 Å². The molecule has 0 aromatic heterocycles. The van der Waals surface area contributed by atoms with Crippen LogP contribution in [0.4, 0.5) is 13.2 Å². The molecule has 1 unspecified atom stereocenters. The summed E-state index contributed by atoms with van der Waals surface area (Å²) in [5, 5.41) is 13.8. The van der Waals surface area contributed by atoms with Crippen LogP contribution in [-0.2, 0) is 11.8 Å². The third-order valence-corrected chi connectivity index (χ3v) is 3.91. The van der Waals surface area contributed by atoms with Crippen molar-refractivity contribution in [1.82, 2.24) is 5.32 Å². The number of rotatable bonds is 2. The van der Waals surface area contributed by atoms with E-state index >= 15 is 0 Å². The number of nitrogens with one attached hydrogen (secondary N) is 1. The summed E-state index contributed by atoms with van der Waals surface area (Å²) in [5.41, 5.74) is -1.59. The third kappa shape index (κ3) is 3.09. The maximum atomic E-state index is 12.7. The molecule has 1 aliphatic rings. The predicted octanol–water partition coefficient (Wildman–Crippen LogP) is 2.91. The fourth-order valence-corrected chi connectivity index (χ4v) is 2.63. The van der Waals surface area contributed by atoms with Gasteiger partial charge in [-0.05, 0) is 56.5 Å². The van der Waals surface area contributed by atoms with E-state index < -0.39 is 17.3 Å². The van der Waals surface area contributed by atoms with Gasteiger partial charge in [-0.1, -0.05) is 12.1 Å². The van der Waals surface area contributed by atoms with Gasteiger partial charge in [0.05, 0.1) is 11.2 Å². The number of halogens is 3. The molecule has 2 nitrogen and oxygen atoms in total. The van der Waals surface area contributed by atoms with Crippen LogP contribution in [0, 0.1) is 5.92 Å². The molecule has 1 saturated heterocycles. The molecular formula is C14H18F3NO. The van der Waals surface area contributed by atoms with Crippen LogP contribution in [0.15, 0.2) is 24.3 Å². The fraction of sp³-hybridized carbons (Fsp3) is 0.571. The fourth-order valence-electron chi connectivity index (χ4n) is 2.63. The van der Waals surface area contributed by atoms with Gasteiger partial charge < -0.3 is 10.4 Å². The first-order valence-corrected chi connectivity index (χ1v) is 6.42. The average Bonchev–Trinajstić information content (AvgIpc) is 2.39. The van der Waals surface area contributed by atoms with Gasteiger partial charge in [0, 0.05) is 0 Å². The topological polar surface area (TPSA) is 32.3 Å². The van der Waals surface area contributed by atoms with Crippen LogP contribution in [-0.4, -0.2) is 18.2 Å². The molecular weight excluding hydrogens is 255 g/mol. The van der Waals surface area contributed by atoms with E-state index in [1.807, 2.05) is 0 Å². The molecule has 0 amide bonds. The molecule has 1 aromatic carbocycles. The van der Waals surface area contributed by atoms with Crippen molar-refractivity contribution in [3.63, 3.8) is 0 Å². The van der Waals surface area contributed by atoms with Gasteiger partial charge in [-0.15, -0.1) is 0 Å². The lowest BCUT2D eigenvalue weighted by Gasteiger charge is -2.36. The first kappa shape index (κ1) is 14.3. The second-order valence-electron chi connectivity index (χ2n) is 5.25. The smallest absolute Gasteiger partial charge is 0.385 e. The Kier molecular flexibility index (Phi) is 3.87. The summed E-state index contributed by atoms with van der Waals surface area (Å²) >= 11 is 0. The Morgan fingerprint density at radius 3 is 2.32 bits per heavy atom. The molecule has 1 aromatic rings. The van der Waals surface area contributed by atoms with Gasteiger partial charge >= 0.3 is 6.18 Å². The first-order chi connectivity index (χ1) is 8.82. The van der Waals surface area contributed by atoms with Crippen molar-refractivity contribution in [1.29, 1.82) is 0 Å². The van der Waals surface area contributed by atoms with Crippen molar-refractivity contribution < 1.29 is 18.3 Å². The molecule has 0 saturated carbocycles. The highest BCUT2D eigenvalue weighted by atomic mass is 19.4. The number of alkyl halides is 3. The second kappa shape index (κ2) is 5.13. The number of hydrogen-bond acceptors (Lipinski definition) is 2. The van der Waals surface area contributed by atoms with Crippen LogP contribution in [0.5, 0.6) is 0 Å². The Balaban J connectivity index is 2.29. The molecule has 1 atom stereocenters. The van der Waals surface area contributed by atoms with E-state index in [4.69, 9.17) is 0 Å². The van der Waals surface area contributed by atoms with Gasteiger partial charge in [0.15, 0.2) is 0 Å². The highest BCUT2D eigenvalue weighted by molar-refractivity contribution is 5.30.